The van der Waals surface area contributed by atoms with Gasteiger partial charge in [-0.1, -0.05) is 34.1 Å². The monoisotopic (exact) mass is 614 g/mol. The molecule has 2 atom stereocenters. The fraction of sp³-hybridized carbons (Fsp3) is 0.594. The molecule has 3 aliphatic rings. The first-order valence-corrected chi connectivity index (χ1v) is 15.2. The zero-order chi connectivity index (χ0) is 29.0. The summed E-state index contributed by atoms with van der Waals surface area (Å²) in [4.78, 5) is 43.4. The Morgan fingerprint density at radius 1 is 1.18 bits per heavy atom. The second-order valence-corrected chi connectivity index (χ2v) is 13.2. The largest absolute Gasteiger partial charge is 0.444 e. The first-order chi connectivity index (χ1) is 19.0. The van der Waals surface area contributed by atoms with Crippen LogP contribution >= 0.6 is 15.9 Å². The van der Waals surface area contributed by atoms with Gasteiger partial charge in [0.05, 0.1) is 5.92 Å². The van der Waals surface area contributed by atoms with E-state index in [2.05, 4.69) is 35.0 Å². The van der Waals surface area contributed by atoms with Gasteiger partial charge in [0.25, 0.3) is 0 Å². The number of hydrogen-bond acceptors (Lipinski definition) is 5. The van der Waals surface area contributed by atoms with Crippen LogP contribution < -0.4 is 0 Å². The molecule has 0 aromatic heterocycles. The number of likely N-dealkylation sites (tertiary alicyclic amines) is 1. The van der Waals surface area contributed by atoms with Crippen molar-refractivity contribution in [3.63, 3.8) is 0 Å². The number of aryl methyl sites for hydroxylation is 1. The highest BCUT2D eigenvalue weighted by atomic mass is 79.9. The topological polar surface area (TPSA) is 76.2 Å². The first kappa shape index (κ1) is 30.5. The Kier molecular flexibility index (Phi) is 9.93. The molecular weight excluding hydrogens is 572 g/mol. The van der Waals surface area contributed by atoms with E-state index in [0.29, 0.717) is 32.5 Å². The second kappa shape index (κ2) is 13.0. The Hall–Kier alpha value is -2.45. The number of piperidine rings is 1. The Morgan fingerprint density at radius 2 is 1.93 bits per heavy atom. The maximum absolute atomic E-state index is 14.4. The number of rotatable bonds is 9. The molecule has 1 aliphatic heterocycles. The lowest BCUT2D eigenvalue weighted by molar-refractivity contribution is -0.140. The molecule has 1 aromatic carbocycles. The van der Waals surface area contributed by atoms with Crippen molar-refractivity contribution in [3.8, 4) is 0 Å². The fourth-order valence-corrected chi connectivity index (χ4v) is 6.22. The van der Waals surface area contributed by atoms with Crippen molar-refractivity contribution in [2.24, 2.45) is 11.8 Å². The third-order valence-corrected chi connectivity index (χ3v) is 8.72. The molecule has 0 radical (unpaired) electrons. The van der Waals surface area contributed by atoms with Crippen molar-refractivity contribution in [1.82, 2.24) is 9.80 Å². The summed E-state index contributed by atoms with van der Waals surface area (Å²) in [5.41, 5.74) is 3.84. The number of allylic oxidation sites excluding steroid dienone is 4. The third kappa shape index (κ3) is 7.84. The molecule has 4 rings (SSSR count). The number of ether oxygens (including phenoxy) is 2. The van der Waals surface area contributed by atoms with Gasteiger partial charge in [-0.3, -0.25) is 9.59 Å². The summed E-state index contributed by atoms with van der Waals surface area (Å²) in [6.07, 6.45) is 9.97. The highest BCUT2D eigenvalue weighted by Crippen LogP contribution is 2.38. The lowest BCUT2D eigenvalue weighted by Gasteiger charge is -2.41. The number of carbonyl (C=O) groups is 3. The molecule has 2 aliphatic carbocycles. The normalized spacial score (nSPS) is 21.3. The van der Waals surface area contributed by atoms with Crippen molar-refractivity contribution in [1.29, 1.82) is 0 Å². The van der Waals surface area contributed by atoms with Crippen molar-refractivity contribution in [2.45, 2.75) is 84.4 Å². The van der Waals surface area contributed by atoms with E-state index in [1.807, 2.05) is 37.8 Å². The molecule has 7 nitrogen and oxygen atoms in total. The van der Waals surface area contributed by atoms with E-state index in [1.54, 1.807) is 18.1 Å². The average Bonchev–Trinajstić information content (AvgIpc) is 3.74. The van der Waals surface area contributed by atoms with Crippen LogP contribution in [0.15, 0.2) is 40.4 Å². The van der Waals surface area contributed by atoms with Crippen LogP contribution in [0.1, 0.15) is 69.6 Å². The van der Waals surface area contributed by atoms with Gasteiger partial charge in [-0.15, -0.1) is 0 Å². The Bertz CT molecular complexity index is 1180. The van der Waals surface area contributed by atoms with E-state index in [-0.39, 0.29) is 30.2 Å². The maximum Gasteiger partial charge on any atom is 0.410 e. The first-order valence-electron chi connectivity index (χ1n) is 14.4. The van der Waals surface area contributed by atoms with Crippen LogP contribution in [-0.2, 0) is 32.0 Å². The predicted octanol–water partition coefficient (Wildman–Crippen LogP) is 6.16. The third-order valence-electron chi connectivity index (χ3n) is 7.90. The lowest BCUT2D eigenvalue weighted by Crippen LogP contribution is -2.52. The SMILES string of the molecule is COCCCc1cc(CN(C(=O)[C@H]2CN(C(=O)OC(C)(C)C)CCC2C2=CC(=O)CC=C2)C2CC2)cc(Br)c1C. The van der Waals surface area contributed by atoms with Gasteiger partial charge in [0.15, 0.2) is 5.78 Å². The van der Waals surface area contributed by atoms with Crippen LogP contribution in [0.2, 0.25) is 0 Å². The number of benzene rings is 1. The number of ketones is 1. The molecule has 1 saturated heterocycles. The molecule has 1 unspecified atom stereocenters. The zero-order valence-corrected chi connectivity index (χ0v) is 26.1. The fourth-order valence-electron chi connectivity index (χ4n) is 5.67. The van der Waals surface area contributed by atoms with Crippen LogP contribution in [0.3, 0.4) is 0 Å². The van der Waals surface area contributed by atoms with Gasteiger partial charge in [0, 0.05) is 50.3 Å². The number of nitrogens with zero attached hydrogens (tertiary/aromatic N) is 2. The molecule has 1 aromatic rings. The van der Waals surface area contributed by atoms with Gasteiger partial charge in [-0.2, -0.15) is 0 Å². The minimum atomic E-state index is -0.617. The summed E-state index contributed by atoms with van der Waals surface area (Å²) < 4.78 is 12.0. The summed E-state index contributed by atoms with van der Waals surface area (Å²) >= 11 is 3.74. The van der Waals surface area contributed by atoms with Gasteiger partial charge in [0.1, 0.15) is 5.60 Å². The minimum Gasteiger partial charge on any atom is -0.444 e. The lowest BCUT2D eigenvalue weighted by atomic mass is 9.77. The van der Waals surface area contributed by atoms with Gasteiger partial charge in [0.2, 0.25) is 5.91 Å². The minimum absolute atomic E-state index is 0.0470. The van der Waals surface area contributed by atoms with Gasteiger partial charge in [-0.05, 0) is 100 Å². The van der Waals surface area contributed by atoms with E-state index in [0.717, 1.165) is 41.3 Å². The van der Waals surface area contributed by atoms with Gasteiger partial charge >= 0.3 is 6.09 Å². The zero-order valence-electron chi connectivity index (χ0n) is 24.5. The number of methoxy groups -OCH3 is 1. The van der Waals surface area contributed by atoms with Crippen molar-refractivity contribution in [3.05, 3.63) is 57.1 Å². The molecule has 0 N–H and O–H groups in total. The molecule has 2 amide bonds. The number of halogens is 1. The summed E-state index contributed by atoms with van der Waals surface area (Å²) in [5, 5.41) is 0. The van der Waals surface area contributed by atoms with Gasteiger partial charge < -0.3 is 19.3 Å². The molecular formula is C32H43BrN2O5. The van der Waals surface area contributed by atoms with E-state index < -0.39 is 17.6 Å². The van der Waals surface area contributed by atoms with Crippen LogP contribution in [0, 0.1) is 18.8 Å². The van der Waals surface area contributed by atoms with Crippen molar-refractivity contribution >= 4 is 33.7 Å². The molecule has 0 spiro atoms. The average molecular weight is 616 g/mol. The molecule has 1 heterocycles. The molecule has 1 saturated carbocycles. The van der Waals surface area contributed by atoms with Crippen molar-refractivity contribution in [2.75, 3.05) is 26.8 Å². The van der Waals surface area contributed by atoms with Crippen molar-refractivity contribution < 1.29 is 23.9 Å². The maximum atomic E-state index is 14.4. The van der Waals surface area contributed by atoms with Crippen LogP contribution in [0.25, 0.3) is 0 Å². The molecule has 8 heteroatoms. The van der Waals surface area contributed by atoms with Gasteiger partial charge in [-0.25, -0.2) is 4.79 Å². The standard InChI is InChI=1S/C32H43BrN2O5/c1-21-23(9-7-15-39-5)16-22(17-29(21)33)19-35(25-11-12-25)30(37)28-20-34(31(38)40-32(2,3)4)14-13-27(28)24-8-6-10-26(36)18-24/h6,8,16-18,25,27-28H,7,9-15,19-20H2,1-5H3/t27?,28-/m0/s1. The van der Waals surface area contributed by atoms with E-state index >= 15 is 0 Å². The Balaban J connectivity index is 1.60. The van der Waals surface area contributed by atoms with Crippen LogP contribution in [-0.4, -0.2) is 66.0 Å². The Labute approximate surface area is 247 Å². The number of hydrogen-bond donors (Lipinski definition) is 0. The Morgan fingerprint density at radius 3 is 2.58 bits per heavy atom. The molecule has 40 heavy (non-hydrogen) atoms. The molecule has 218 valence electrons. The van der Waals surface area contributed by atoms with E-state index in [9.17, 15) is 14.4 Å². The highest BCUT2D eigenvalue weighted by molar-refractivity contribution is 9.10. The quantitative estimate of drug-likeness (QED) is 0.312. The second-order valence-electron chi connectivity index (χ2n) is 12.3. The summed E-state index contributed by atoms with van der Waals surface area (Å²) in [5.74, 6) is -0.463. The summed E-state index contributed by atoms with van der Waals surface area (Å²) in [6, 6.07) is 4.53. The van der Waals surface area contributed by atoms with Crippen LogP contribution in [0.5, 0.6) is 0 Å². The highest BCUT2D eigenvalue weighted by Gasteiger charge is 2.43. The van der Waals surface area contributed by atoms with E-state index in [4.69, 9.17) is 9.47 Å². The van der Waals surface area contributed by atoms with Crippen LogP contribution in [0.4, 0.5) is 4.79 Å². The number of carbonyl (C=O) groups excluding carboxylic acids is 3. The summed E-state index contributed by atoms with van der Waals surface area (Å²) in [7, 11) is 1.72. The summed E-state index contributed by atoms with van der Waals surface area (Å²) in [6.45, 7) is 9.65. The smallest absolute Gasteiger partial charge is 0.410 e. The molecule has 2 fully saturated rings. The van der Waals surface area contributed by atoms with E-state index in [1.165, 1.54) is 11.1 Å². The number of amides is 2. The molecule has 0 bridgehead atoms. The predicted molar refractivity (Wildman–Crippen MR) is 159 cm³/mol.